The molecule has 0 radical (unpaired) electrons. The van der Waals surface area contributed by atoms with Gasteiger partial charge in [-0.05, 0) is 73.6 Å². The Morgan fingerprint density at radius 3 is 2.60 bits per heavy atom. The van der Waals surface area contributed by atoms with Crippen molar-refractivity contribution in [2.24, 2.45) is 5.41 Å². The fraction of sp³-hybridized carbons (Fsp3) is 0.485. The van der Waals surface area contributed by atoms with E-state index < -0.39 is 0 Å². The fourth-order valence-electron chi connectivity index (χ4n) is 5.57. The molecule has 2 saturated heterocycles. The summed E-state index contributed by atoms with van der Waals surface area (Å²) in [5.41, 5.74) is 5.41. The lowest BCUT2D eigenvalue weighted by atomic mass is 9.76. The monoisotopic (exact) mass is 609 g/mol. The Bertz CT molecular complexity index is 1470. The van der Waals surface area contributed by atoms with Gasteiger partial charge in [-0.3, -0.25) is 9.69 Å². The molecule has 2 aliphatic rings. The van der Waals surface area contributed by atoms with Crippen molar-refractivity contribution in [1.29, 1.82) is 0 Å². The van der Waals surface area contributed by atoms with Gasteiger partial charge in [-0.2, -0.15) is 0 Å². The molecular formula is C33H41Cl2N5O2. The van der Waals surface area contributed by atoms with Crippen LogP contribution >= 0.6 is 23.2 Å². The number of aryl methyl sites for hydroxylation is 1. The zero-order valence-electron chi connectivity index (χ0n) is 25.3. The number of carbonyl (C=O) groups is 1. The highest BCUT2D eigenvalue weighted by Crippen LogP contribution is 2.36. The third-order valence-electron chi connectivity index (χ3n) is 8.81. The van der Waals surface area contributed by atoms with Crippen molar-refractivity contribution in [3.05, 3.63) is 80.6 Å². The molecule has 0 N–H and O–H groups in total. The van der Waals surface area contributed by atoms with Gasteiger partial charge in [-0.15, -0.1) is 5.10 Å². The molecule has 1 aromatic heterocycles. The number of hydrogen-bond acceptors (Lipinski definition) is 5. The number of carbonyl (C=O) groups excluding carboxylic acids is 1. The van der Waals surface area contributed by atoms with Gasteiger partial charge in [0.1, 0.15) is 0 Å². The van der Waals surface area contributed by atoms with Crippen molar-refractivity contribution < 1.29 is 9.53 Å². The van der Waals surface area contributed by atoms with Gasteiger partial charge in [0.25, 0.3) is 5.91 Å². The Morgan fingerprint density at radius 1 is 1.10 bits per heavy atom. The van der Waals surface area contributed by atoms with E-state index in [1.54, 1.807) is 10.7 Å². The highest BCUT2D eigenvalue weighted by atomic mass is 35.5. The van der Waals surface area contributed by atoms with E-state index in [0.717, 1.165) is 68.0 Å². The largest absolute Gasteiger partial charge is 0.372 e. The molecule has 2 aliphatic heterocycles. The van der Waals surface area contributed by atoms with Crippen LogP contribution in [0, 0.1) is 12.3 Å². The van der Waals surface area contributed by atoms with Crippen molar-refractivity contribution in [2.45, 2.75) is 59.5 Å². The molecule has 9 heteroatoms. The molecule has 0 aliphatic carbocycles. The molecule has 1 atom stereocenters. The Kier molecular flexibility index (Phi) is 9.14. The lowest BCUT2D eigenvalue weighted by molar-refractivity contribution is -0.153. The lowest BCUT2D eigenvalue weighted by Gasteiger charge is -2.48. The number of rotatable bonds is 6. The average Bonchev–Trinajstić information content (AvgIpc) is 3.42. The molecule has 2 fully saturated rings. The number of halogens is 2. The lowest BCUT2D eigenvalue weighted by Crippen LogP contribution is -2.56. The summed E-state index contributed by atoms with van der Waals surface area (Å²) in [6.45, 7) is 15.7. The maximum atomic E-state index is 13.7. The van der Waals surface area contributed by atoms with Gasteiger partial charge in [0.05, 0.1) is 35.3 Å². The quantitative estimate of drug-likeness (QED) is 0.305. The summed E-state index contributed by atoms with van der Waals surface area (Å²) in [5.74, 6) is 0.0108. The smallest absolute Gasteiger partial charge is 0.256 e. The second-order valence-electron chi connectivity index (χ2n) is 12.8. The first-order valence-electron chi connectivity index (χ1n) is 14.7. The first kappa shape index (κ1) is 30.7. The van der Waals surface area contributed by atoms with Crippen LogP contribution in [0.15, 0.2) is 48.2 Å². The van der Waals surface area contributed by atoms with Gasteiger partial charge >= 0.3 is 0 Å². The number of piperidine rings is 1. The highest BCUT2D eigenvalue weighted by Gasteiger charge is 2.42. The van der Waals surface area contributed by atoms with Crippen LogP contribution in [0.2, 0.25) is 10.0 Å². The topological polar surface area (TPSA) is 63.5 Å². The van der Waals surface area contributed by atoms with Gasteiger partial charge in [0.15, 0.2) is 0 Å². The maximum absolute atomic E-state index is 13.7. The molecule has 42 heavy (non-hydrogen) atoms. The summed E-state index contributed by atoms with van der Waals surface area (Å²) < 4.78 is 7.94. The minimum Gasteiger partial charge on any atom is -0.372 e. The number of likely N-dealkylation sites (tertiary alicyclic amines) is 1. The minimum atomic E-state index is -0.187. The van der Waals surface area contributed by atoms with E-state index in [0.29, 0.717) is 28.7 Å². The van der Waals surface area contributed by atoms with E-state index in [1.807, 2.05) is 48.4 Å². The van der Waals surface area contributed by atoms with E-state index in [4.69, 9.17) is 27.9 Å². The summed E-state index contributed by atoms with van der Waals surface area (Å²) in [5, 5.41) is 10.2. The molecule has 0 spiro atoms. The van der Waals surface area contributed by atoms with E-state index in [-0.39, 0.29) is 16.9 Å². The number of benzene rings is 2. The van der Waals surface area contributed by atoms with Crippen LogP contribution in [0.5, 0.6) is 0 Å². The molecule has 1 amide bonds. The van der Waals surface area contributed by atoms with E-state index in [9.17, 15) is 4.79 Å². The Balaban J connectivity index is 1.25. The molecule has 3 aromatic rings. The summed E-state index contributed by atoms with van der Waals surface area (Å²) >= 11 is 12.5. The molecular weight excluding hydrogens is 569 g/mol. The molecule has 224 valence electrons. The van der Waals surface area contributed by atoms with Crippen LogP contribution in [0.1, 0.15) is 67.7 Å². The van der Waals surface area contributed by atoms with Gasteiger partial charge in [0.2, 0.25) is 0 Å². The van der Waals surface area contributed by atoms with Crippen LogP contribution in [-0.2, 0) is 11.2 Å². The summed E-state index contributed by atoms with van der Waals surface area (Å²) in [7, 11) is 0. The predicted molar refractivity (Wildman–Crippen MR) is 170 cm³/mol. The Labute approximate surface area is 259 Å². The van der Waals surface area contributed by atoms with Crippen LogP contribution in [0.25, 0.3) is 11.8 Å². The van der Waals surface area contributed by atoms with E-state index >= 15 is 0 Å². The number of aromatic nitrogens is 3. The van der Waals surface area contributed by atoms with Crippen molar-refractivity contribution in [3.8, 4) is 5.69 Å². The van der Waals surface area contributed by atoms with Gasteiger partial charge < -0.3 is 9.64 Å². The van der Waals surface area contributed by atoms with Crippen molar-refractivity contribution >= 4 is 35.2 Å². The van der Waals surface area contributed by atoms with E-state index in [2.05, 4.69) is 49.0 Å². The molecule has 2 aromatic carbocycles. The average molecular weight is 611 g/mol. The van der Waals surface area contributed by atoms with Crippen LogP contribution in [0.4, 0.5) is 0 Å². The number of nitrogens with zero attached hydrogens (tertiary/aromatic N) is 5. The number of hydrogen-bond donors (Lipinski definition) is 0. The third kappa shape index (κ3) is 6.91. The number of amides is 1. The predicted octanol–water partition coefficient (Wildman–Crippen LogP) is 6.88. The first-order valence-corrected chi connectivity index (χ1v) is 15.5. The van der Waals surface area contributed by atoms with Crippen LogP contribution in [-0.4, -0.2) is 75.6 Å². The van der Waals surface area contributed by atoms with E-state index in [1.165, 1.54) is 5.57 Å². The Morgan fingerprint density at radius 2 is 1.86 bits per heavy atom. The standard InChI is InChI=1S/C33H41Cl2N5O2/c1-23-6-8-28(31(41)39-14-10-24(11-15-39)19-25-20-26(34)7-9-29(25)35)30(18-23)40-21-27(36-37-40)12-13-38-16-17-42-33(5,22-38)32(2,3)4/h6-9,18-21H,10-17,22H2,1-5H3. The SMILES string of the molecule is Cc1ccc(C(=O)N2CCC(=Cc3cc(Cl)ccc3Cl)CC2)c(-n2cc(CCN3CCOC(C)(C(C)(C)C)C3)nn2)c1. The Hall–Kier alpha value is -2.71. The second-order valence-corrected chi connectivity index (χ2v) is 13.6. The highest BCUT2D eigenvalue weighted by molar-refractivity contribution is 6.34. The summed E-state index contributed by atoms with van der Waals surface area (Å²) in [4.78, 5) is 18.1. The maximum Gasteiger partial charge on any atom is 0.256 e. The minimum absolute atomic E-state index is 0.0108. The van der Waals surface area contributed by atoms with Gasteiger partial charge in [-0.1, -0.05) is 66.9 Å². The fourth-order valence-corrected chi connectivity index (χ4v) is 5.92. The normalized spacial score (nSPS) is 20.2. The molecule has 7 nitrogen and oxygen atoms in total. The van der Waals surface area contributed by atoms with Crippen LogP contribution < -0.4 is 0 Å². The number of ether oxygens (including phenoxy) is 1. The zero-order valence-corrected chi connectivity index (χ0v) is 26.8. The third-order valence-corrected chi connectivity index (χ3v) is 9.39. The molecule has 0 bridgehead atoms. The molecule has 1 unspecified atom stereocenters. The molecule has 0 saturated carbocycles. The molecule has 3 heterocycles. The molecule has 5 rings (SSSR count). The zero-order chi connectivity index (χ0) is 30.1. The van der Waals surface area contributed by atoms with Crippen molar-refractivity contribution in [1.82, 2.24) is 24.8 Å². The van der Waals surface area contributed by atoms with Gasteiger partial charge in [-0.25, -0.2) is 4.68 Å². The van der Waals surface area contributed by atoms with Gasteiger partial charge in [0, 0.05) is 49.2 Å². The van der Waals surface area contributed by atoms with Crippen molar-refractivity contribution in [2.75, 3.05) is 39.3 Å². The van der Waals surface area contributed by atoms with Crippen LogP contribution in [0.3, 0.4) is 0 Å². The second kappa shape index (κ2) is 12.5. The first-order chi connectivity index (χ1) is 19.9. The summed E-state index contributed by atoms with van der Waals surface area (Å²) in [6, 6.07) is 11.4. The number of morpholine rings is 1. The summed E-state index contributed by atoms with van der Waals surface area (Å²) in [6.07, 6.45) is 6.43. The van der Waals surface area contributed by atoms with Crippen molar-refractivity contribution in [3.63, 3.8) is 0 Å².